The first-order chi connectivity index (χ1) is 8.60. The van der Waals surface area contributed by atoms with Gasteiger partial charge in [0.2, 0.25) is 0 Å². The van der Waals surface area contributed by atoms with Crippen molar-refractivity contribution in [3.05, 3.63) is 23.2 Å². The molecule has 1 heterocycles. The summed E-state index contributed by atoms with van der Waals surface area (Å²) < 4.78 is 5.87. The molecule has 3 heteroatoms. The van der Waals surface area contributed by atoms with Crippen LogP contribution in [0.1, 0.15) is 50.7 Å². The molecule has 18 heavy (non-hydrogen) atoms. The molecule has 1 aliphatic rings. The van der Waals surface area contributed by atoms with Gasteiger partial charge in [0, 0.05) is 24.2 Å². The summed E-state index contributed by atoms with van der Waals surface area (Å²) >= 11 is 0. The lowest BCUT2D eigenvalue weighted by molar-refractivity contribution is 0.206. The van der Waals surface area contributed by atoms with Crippen LogP contribution in [0.3, 0.4) is 0 Å². The molecule has 1 saturated carbocycles. The maximum absolute atomic E-state index is 5.87. The lowest BCUT2D eigenvalue weighted by Crippen LogP contribution is -2.29. The average molecular weight is 250 g/mol. The number of aryl methyl sites for hydroxylation is 1. The second-order valence-corrected chi connectivity index (χ2v) is 5.61. The molecule has 0 radical (unpaired) electrons. The minimum Gasteiger partial charge on any atom is -0.465 e. The molecule has 1 aliphatic carbocycles. The summed E-state index contributed by atoms with van der Waals surface area (Å²) in [7, 11) is 0. The van der Waals surface area contributed by atoms with E-state index in [1.54, 1.807) is 0 Å². The average Bonchev–Trinajstić information content (AvgIpc) is 3.08. The Bertz CT molecular complexity index is 380. The molecule has 1 fully saturated rings. The van der Waals surface area contributed by atoms with E-state index in [0.29, 0.717) is 6.04 Å². The van der Waals surface area contributed by atoms with Crippen LogP contribution >= 0.6 is 0 Å². The molecule has 0 amide bonds. The minimum atomic E-state index is 0.563. The highest BCUT2D eigenvalue weighted by atomic mass is 16.3. The third kappa shape index (κ3) is 3.59. The minimum absolute atomic E-state index is 0.563. The third-order valence-electron chi connectivity index (χ3n) is 3.73. The van der Waals surface area contributed by atoms with Crippen LogP contribution in [0.2, 0.25) is 0 Å². The van der Waals surface area contributed by atoms with Crippen LogP contribution in [0.5, 0.6) is 0 Å². The van der Waals surface area contributed by atoms with Crippen LogP contribution in [0.25, 0.3) is 0 Å². The zero-order valence-electron chi connectivity index (χ0n) is 12.1. The standard InChI is InChI=1S/C15H26N2O/c1-5-17(11(2)3)10-15-8-13(12(4)18-15)9-16-14-6-7-14/h8,11,14,16H,5-7,9-10H2,1-4H3. The van der Waals surface area contributed by atoms with Gasteiger partial charge in [-0.2, -0.15) is 0 Å². The number of rotatable bonds is 7. The first-order valence-electron chi connectivity index (χ1n) is 7.15. The summed E-state index contributed by atoms with van der Waals surface area (Å²) in [5, 5.41) is 3.54. The summed E-state index contributed by atoms with van der Waals surface area (Å²) in [5.74, 6) is 2.16. The fourth-order valence-electron chi connectivity index (χ4n) is 2.24. The Kier molecular flexibility index (Phi) is 4.46. The van der Waals surface area contributed by atoms with E-state index in [-0.39, 0.29) is 0 Å². The van der Waals surface area contributed by atoms with Gasteiger partial charge in [0.05, 0.1) is 6.54 Å². The van der Waals surface area contributed by atoms with Crippen molar-refractivity contribution in [2.45, 2.75) is 65.7 Å². The van der Waals surface area contributed by atoms with Crippen molar-refractivity contribution >= 4 is 0 Å². The molecule has 2 rings (SSSR count). The van der Waals surface area contributed by atoms with Gasteiger partial charge in [-0.3, -0.25) is 4.90 Å². The Labute approximate surface area is 111 Å². The molecule has 1 aromatic heterocycles. The zero-order chi connectivity index (χ0) is 13.1. The van der Waals surface area contributed by atoms with Crippen LogP contribution in [0.4, 0.5) is 0 Å². The van der Waals surface area contributed by atoms with Crippen molar-refractivity contribution in [2.24, 2.45) is 0 Å². The molecule has 0 aliphatic heterocycles. The van der Waals surface area contributed by atoms with Crippen molar-refractivity contribution in [1.82, 2.24) is 10.2 Å². The lowest BCUT2D eigenvalue weighted by Gasteiger charge is -2.23. The number of nitrogens with zero attached hydrogens (tertiary/aromatic N) is 1. The Hall–Kier alpha value is -0.800. The molecule has 0 aromatic carbocycles. The normalized spacial score (nSPS) is 15.9. The molecule has 0 bridgehead atoms. The van der Waals surface area contributed by atoms with Crippen molar-refractivity contribution < 1.29 is 4.42 Å². The molecule has 0 saturated heterocycles. The lowest BCUT2D eigenvalue weighted by atomic mass is 10.2. The summed E-state index contributed by atoms with van der Waals surface area (Å²) in [4.78, 5) is 2.41. The quantitative estimate of drug-likeness (QED) is 0.806. The van der Waals surface area contributed by atoms with E-state index >= 15 is 0 Å². The predicted molar refractivity (Wildman–Crippen MR) is 74.5 cm³/mol. The Morgan fingerprint density at radius 2 is 2.17 bits per heavy atom. The molecule has 0 spiro atoms. The van der Waals surface area contributed by atoms with Gasteiger partial charge in [-0.05, 0) is 46.2 Å². The van der Waals surface area contributed by atoms with Gasteiger partial charge in [0.15, 0.2) is 0 Å². The molecule has 1 N–H and O–H groups in total. The van der Waals surface area contributed by atoms with E-state index < -0.39 is 0 Å². The Morgan fingerprint density at radius 1 is 1.44 bits per heavy atom. The van der Waals surface area contributed by atoms with E-state index in [0.717, 1.165) is 37.2 Å². The molecule has 102 valence electrons. The molecule has 1 aromatic rings. The number of hydrogen-bond donors (Lipinski definition) is 1. The maximum Gasteiger partial charge on any atom is 0.118 e. The fraction of sp³-hybridized carbons (Fsp3) is 0.733. The zero-order valence-corrected chi connectivity index (χ0v) is 12.1. The fourth-order valence-corrected chi connectivity index (χ4v) is 2.24. The second kappa shape index (κ2) is 5.89. The molecular formula is C15H26N2O. The third-order valence-corrected chi connectivity index (χ3v) is 3.73. The van der Waals surface area contributed by atoms with Crippen LogP contribution in [-0.2, 0) is 13.1 Å². The van der Waals surface area contributed by atoms with Crippen molar-refractivity contribution in [1.29, 1.82) is 0 Å². The van der Waals surface area contributed by atoms with Crippen molar-refractivity contribution in [3.8, 4) is 0 Å². The van der Waals surface area contributed by atoms with Gasteiger partial charge in [0.25, 0.3) is 0 Å². The van der Waals surface area contributed by atoms with E-state index in [2.05, 4.69) is 44.0 Å². The smallest absolute Gasteiger partial charge is 0.118 e. The van der Waals surface area contributed by atoms with E-state index in [1.165, 1.54) is 18.4 Å². The first-order valence-corrected chi connectivity index (χ1v) is 7.15. The molecular weight excluding hydrogens is 224 g/mol. The van der Waals surface area contributed by atoms with Gasteiger partial charge in [-0.15, -0.1) is 0 Å². The summed E-state index contributed by atoms with van der Waals surface area (Å²) in [6.45, 7) is 11.7. The van der Waals surface area contributed by atoms with Gasteiger partial charge >= 0.3 is 0 Å². The van der Waals surface area contributed by atoms with Crippen molar-refractivity contribution in [3.63, 3.8) is 0 Å². The van der Waals surface area contributed by atoms with Crippen LogP contribution in [0.15, 0.2) is 10.5 Å². The van der Waals surface area contributed by atoms with Crippen LogP contribution in [-0.4, -0.2) is 23.5 Å². The summed E-state index contributed by atoms with van der Waals surface area (Å²) in [6, 6.07) is 3.54. The van der Waals surface area contributed by atoms with Crippen LogP contribution in [0, 0.1) is 6.92 Å². The SMILES string of the molecule is CCN(Cc1cc(CNC2CC2)c(C)o1)C(C)C. The van der Waals surface area contributed by atoms with Gasteiger partial charge in [-0.1, -0.05) is 6.92 Å². The van der Waals surface area contributed by atoms with E-state index in [1.807, 2.05) is 0 Å². The largest absolute Gasteiger partial charge is 0.465 e. The number of furan rings is 1. The monoisotopic (exact) mass is 250 g/mol. The summed E-state index contributed by atoms with van der Waals surface area (Å²) in [6.07, 6.45) is 2.67. The Morgan fingerprint density at radius 3 is 2.72 bits per heavy atom. The molecule has 3 nitrogen and oxygen atoms in total. The highest BCUT2D eigenvalue weighted by Crippen LogP contribution is 2.21. The van der Waals surface area contributed by atoms with E-state index in [4.69, 9.17) is 4.42 Å². The molecule has 0 unspecified atom stereocenters. The first kappa shape index (κ1) is 13.6. The second-order valence-electron chi connectivity index (χ2n) is 5.61. The topological polar surface area (TPSA) is 28.4 Å². The predicted octanol–water partition coefficient (Wildman–Crippen LogP) is 3.07. The maximum atomic E-state index is 5.87. The van der Waals surface area contributed by atoms with Crippen LogP contribution < -0.4 is 5.32 Å². The van der Waals surface area contributed by atoms with E-state index in [9.17, 15) is 0 Å². The highest BCUT2D eigenvalue weighted by Gasteiger charge is 2.21. The molecule has 0 atom stereocenters. The Balaban J connectivity index is 1.93. The summed E-state index contributed by atoms with van der Waals surface area (Å²) in [5.41, 5.74) is 1.32. The number of hydrogen-bond acceptors (Lipinski definition) is 3. The van der Waals surface area contributed by atoms with Gasteiger partial charge in [0.1, 0.15) is 11.5 Å². The van der Waals surface area contributed by atoms with Crippen molar-refractivity contribution in [2.75, 3.05) is 6.54 Å². The van der Waals surface area contributed by atoms with Gasteiger partial charge < -0.3 is 9.73 Å². The highest BCUT2D eigenvalue weighted by molar-refractivity contribution is 5.21. The van der Waals surface area contributed by atoms with Gasteiger partial charge in [-0.25, -0.2) is 0 Å². The number of nitrogens with one attached hydrogen (secondary N) is 1.